The first-order valence-corrected chi connectivity index (χ1v) is 9.92. The molecule has 0 aliphatic heterocycles. The number of carbonyl (C=O) groups is 2. The van der Waals surface area contributed by atoms with E-state index in [0.717, 1.165) is 0 Å². The lowest BCUT2D eigenvalue weighted by molar-refractivity contribution is -0.137. The molecule has 1 saturated carbocycles. The average Bonchev–Trinajstić information content (AvgIpc) is 3.20. The van der Waals surface area contributed by atoms with E-state index in [2.05, 4.69) is 10.1 Å². The van der Waals surface area contributed by atoms with Gasteiger partial charge in [-0.1, -0.05) is 11.6 Å². The van der Waals surface area contributed by atoms with Gasteiger partial charge in [0.15, 0.2) is 5.15 Å². The number of anilines is 1. The lowest BCUT2D eigenvalue weighted by Crippen LogP contribution is -2.40. The average molecular weight is 462 g/mol. The van der Waals surface area contributed by atoms with E-state index >= 15 is 0 Å². The summed E-state index contributed by atoms with van der Waals surface area (Å²) in [5.41, 5.74) is 0.900. The zero-order valence-electron chi connectivity index (χ0n) is 16.5. The first-order chi connectivity index (χ1) is 14.6. The summed E-state index contributed by atoms with van der Waals surface area (Å²) in [5.74, 6) is -6.35. The second kappa shape index (κ2) is 9.21. The Bertz CT molecular complexity index is 941. The van der Waals surface area contributed by atoms with Gasteiger partial charge in [0.05, 0.1) is 24.6 Å². The predicted octanol–water partition coefficient (Wildman–Crippen LogP) is 3.41. The van der Waals surface area contributed by atoms with Crippen LogP contribution in [0, 0.1) is 5.92 Å². The van der Waals surface area contributed by atoms with Crippen molar-refractivity contribution in [2.24, 2.45) is 5.92 Å². The standard InChI is InChI=1S/C19H20ClF4N5O2/c1-2-28(14-10-29(26-17(14)20)12-4-3-6-25-9-12)16(30)5-7-27(11-15(21)22)18(31)13-8-19(13,23)24/h3-4,6,9-10,13,15H,2,5,7-8,11H2,1H3. The van der Waals surface area contributed by atoms with Gasteiger partial charge in [0.2, 0.25) is 11.8 Å². The van der Waals surface area contributed by atoms with Crippen LogP contribution in [0.15, 0.2) is 30.7 Å². The Balaban J connectivity index is 1.70. The molecule has 7 nitrogen and oxygen atoms in total. The van der Waals surface area contributed by atoms with Crippen molar-refractivity contribution in [3.05, 3.63) is 35.9 Å². The molecule has 3 rings (SSSR count). The normalized spacial score (nSPS) is 16.9. The minimum absolute atomic E-state index is 0.0391. The maximum Gasteiger partial charge on any atom is 0.260 e. The third-order valence-corrected chi connectivity index (χ3v) is 5.13. The molecule has 2 aromatic rings. The Morgan fingerprint density at radius 2 is 2.10 bits per heavy atom. The van der Waals surface area contributed by atoms with E-state index in [1.54, 1.807) is 31.5 Å². The number of rotatable bonds is 9. The summed E-state index contributed by atoms with van der Waals surface area (Å²) in [6, 6.07) is 3.44. The first kappa shape index (κ1) is 23.0. The molecule has 2 amide bonds. The third-order valence-electron chi connectivity index (χ3n) is 4.86. The molecule has 0 N–H and O–H groups in total. The zero-order valence-corrected chi connectivity index (χ0v) is 17.3. The molecule has 1 aliphatic carbocycles. The van der Waals surface area contributed by atoms with Crippen molar-refractivity contribution in [2.75, 3.05) is 24.5 Å². The number of halogens is 5. The van der Waals surface area contributed by atoms with E-state index in [0.29, 0.717) is 16.3 Å². The largest absolute Gasteiger partial charge is 0.336 e. The van der Waals surface area contributed by atoms with E-state index in [-0.39, 0.29) is 18.1 Å². The van der Waals surface area contributed by atoms with Crippen LogP contribution in [0.5, 0.6) is 0 Å². The molecule has 0 spiro atoms. The summed E-state index contributed by atoms with van der Waals surface area (Å²) in [6.07, 6.45) is 0.755. The molecule has 1 fully saturated rings. The molecule has 1 atom stereocenters. The van der Waals surface area contributed by atoms with Crippen molar-refractivity contribution in [1.29, 1.82) is 0 Å². The molecule has 168 valence electrons. The highest BCUT2D eigenvalue weighted by Gasteiger charge is 2.62. The number of hydrogen-bond acceptors (Lipinski definition) is 4. The van der Waals surface area contributed by atoms with Crippen molar-refractivity contribution in [3.8, 4) is 5.69 Å². The fourth-order valence-electron chi connectivity index (χ4n) is 3.15. The second-order valence-electron chi connectivity index (χ2n) is 7.04. The van der Waals surface area contributed by atoms with E-state index in [9.17, 15) is 27.2 Å². The van der Waals surface area contributed by atoms with Gasteiger partial charge in [0.25, 0.3) is 12.3 Å². The fourth-order valence-corrected chi connectivity index (χ4v) is 3.38. The van der Waals surface area contributed by atoms with Gasteiger partial charge in [-0.3, -0.25) is 14.6 Å². The molecular weight excluding hydrogens is 442 g/mol. The molecular formula is C19H20ClF4N5O2. The van der Waals surface area contributed by atoms with Gasteiger partial charge in [-0.2, -0.15) is 5.10 Å². The number of nitrogens with zero attached hydrogens (tertiary/aromatic N) is 5. The quantitative estimate of drug-likeness (QED) is 0.536. The van der Waals surface area contributed by atoms with E-state index in [4.69, 9.17) is 11.6 Å². The molecule has 0 bridgehead atoms. The van der Waals surface area contributed by atoms with Crippen LogP contribution < -0.4 is 4.90 Å². The minimum atomic E-state index is -3.18. The smallest absolute Gasteiger partial charge is 0.260 e. The van der Waals surface area contributed by atoms with Gasteiger partial charge in [0.1, 0.15) is 11.6 Å². The highest BCUT2D eigenvalue weighted by molar-refractivity contribution is 6.32. The van der Waals surface area contributed by atoms with Gasteiger partial charge in [-0.25, -0.2) is 22.2 Å². The molecule has 0 aromatic carbocycles. The Morgan fingerprint density at radius 3 is 2.65 bits per heavy atom. The number of aromatic nitrogens is 3. The van der Waals surface area contributed by atoms with E-state index in [1.807, 2.05) is 0 Å². The summed E-state index contributed by atoms with van der Waals surface area (Å²) in [6.45, 7) is 0.465. The highest BCUT2D eigenvalue weighted by Crippen LogP contribution is 2.49. The maximum absolute atomic E-state index is 13.2. The number of carbonyl (C=O) groups excluding carboxylic acids is 2. The van der Waals surface area contributed by atoms with Crippen LogP contribution in [0.3, 0.4) is 0 Å². The van der Waals surface area contributed by atoms with Crippen LogP contribution in [0.2, 0.25) is 5.15 Å². The lowest BCUT2D eigenvalue weighted by Gasteiger charge is -2.24. The summed E-state index contributed by atoms with van der Waals surface area (Å²) in [7, 11) is 0. The summed E-state index contributed by atoms with van der Waals surface area (Å²) in [5, 5.41) is 4.18. The van der Waals surface area contributed by atoms with Gasteiger partial charge < -0.3 is 9.80 Å². The monoisotopic (exact) mass is 461 g/mol. The minimum Gasteiger partial charge on any atom is -0.336 e. The number of alkyl halides is 4. The Morgan fingerprint density at radius 1 is 1.39 bits per heavy atom. The summed E-state index contributed by atoms with van der Waals surface area (Å²) >= 11 is 6.18. The number of pyridine rings is 1. The van der Waals surface area contributed by atoms with Gasteiger partial charge in [0, 0.05) is 32.1 Å². The molecule has 31 heavy (non-hydrogen) atoms. The molecule has 2 aromatic heterocycles. The molecule has 0 saturated heterocycles. The topological polar surface area (TPSA) is 71.3 Å². The number of hydrogen-bond donors (Lipinski definition) is 0. The Hall–Kier alpha value is -2.69. The second-order valence-corrected chi connectivity index (χ2v) is 7.40. The summed E-state index contributed by atoms with van der Waals surface area (Å²) in [4.78, 5) is 30.8. The molecule has 2 heterocycles. The van der Waals surface area contributed by atoms with Crippen molar-refractivity contribution >= 4 is 29.1 Å². The molecule has 0 radical (unpaired) electrons. The van der Waals surface area contributed by atoms with Gasteiger partial charge in [-0.05, 0) is 19.1 Å². The highest BCUT2D eigenvalue weighted by atomic mass is 35.5. The van der Waals surface area contributed by atoms with E-state index in [1.165, 1.54) is 15.8 Å². The first-order valence-electron chi connectivity index (χ1n) is 9.54. The van der Waals surface area contributed by atoms with E-state index < -0.39 is 49.6 Å². The molecule has 1 unspecified atom stereocenters. The maximum atomic E-state index is 13.2. The van der Waals surface area contributed by atoms with Crippen molar-refractivity contribution in [1.82, 2.24) is 19.7 Å². The molecule has 12 heteroatoms. The van der Waals surface area contributed by atoms with Crippen LogP contribution >= 0.6 is 11.6 Å². The van der Waals surface area contributed by atoms with Crippen LogP contribution in [-0.2, 0) is 9.59 Å². The number of amides is 2. The zero-order chi connectivity index (χ0) is 22.8. The van der Waals surface area contributed by atoms with Crippen molar-refractivity contribution in [2.45, 2.75) is 32.1 Å². The lowest BCUT2D eigenvalue weighted by atomic mass is 10.2. The Labute approximate surface area is 180 Å². The van der Waals surface area contributed by atoms with Crippen LogP contribution in [0.25, 0.3) is 5.69 Å². The van der Waals surface area contributed by atoms with Gasteiger partial charge in [-0.15, -0.1) is 0 Å². The third kappa shape index (κ3) is 5.33. The van der Waals surface area contributed by atoms with Crippen LogP contribution in [0.1, 0.15) is 19.8 Å². The SMILES string of the molecule is CCN(C(=O)CCN(CC(F)F)C(=O)C1CC1(F)F)c1cn(-c2cccnc2)nc1Cl. The summed E-state index contributed by atoms with van der Waals surface area (Å²) < 4.78 is 53.5. The van der Waals surface area contributed by atoms with Crippen molar-refractivity contribution < 1.29 is 27.2 Å². The van der Waals surface area contributed by atoms with Gasteiger partial charge >= 0.3 is 0 Å². The van der Waals surface area contributed by atoms with Crippen LogP contribution in [-0.4, -0.2) is 63.5 Å². The Kier molecular flexibility index (Phi) is 6.83. The molecule has 1 aliphatic rings. The fraction of sp³-hybridized carbons (Fsp3) is 0.474. The predicted molar refractivity (Wildman–Crippen MR) is 105 cm³/mol. The van der Waals surface area contributed by atoms with Crippen molar-refractivity contribution in [3.63, 3.8) is 0 Å². The van der Waals surface area contributed by atoms with Crippen LogP contribution in [0.4, 0.5) is 23.2 Å².